The number of anilines is 1. The molecule has 0 amide bonds. The van der Waals surface area contributed by atoms with Crippen molar-refractivity contribution >= 4 is 5.69 Å². The van der Waals surface area contributed by atoms with Crippen LogP contribution in [0.5, 0.6) is 0 Å². The van der Waals surface area contributed by atoms with Gasteiger partial charge in [-0.1, -0.05) is 13.0 Å². The average molecular weight is 190 g/mol. The standard InChI is InChI=1S/C12H18N2/c1-3-14(2)12-7-4-9-8-10(13)5-6-11(9)12/h5-6,8,12H,3-4,7,13H2,1-2H3. The molecule has 2 nitrogen and oxygen atoms in total. The summed E-state index contributed by atoms with van der Waals surface area (Å²) >= 11 is 0. The Hall–Kier alpha value is -1.02. The quantitative estimate of drug-likeness (QED) is 0.724. The predicted molar refractivity (Wildman–Crippen MR) is 60.2 cm³/mol. The molecular weight excluding hydrogens is 172 g/mol. The first-order valence-corrected chi connectivity index (χ1v) is 5.31. The van der Waals surface area contributed by atoms with Gasteiger partial charge in [0.25, 0.3) is 0 Å². The number of benzene rings is 1. The van der Waals surface area contributed by atoms with Crippen molar-refractivity contribution in [1.82, 2.24) is 4.90 Å². The lowest BCUT2D eigenvalue weighted by atomic mass is 10.1. The SMILES string of the molecule is CCN(C)C1CCc2cc(N)ccc21. The van der Waals surface area contributed by atoms with Gasteiger partial charge < -0.3 is 5.73 Å². The fourth-order valence-electron chi connectivity index (χ4n) is 2.29. The van der Waals surface area contributed by atoms with Gasteiger partial charge >= 0.3 is 0 Å². The minimum Gasteiger partial charge on any atom is -0.399 e. The van der Waals surface area contributed by atoms with Crippen molar-refractivity contribution in [1.29, 1.82) is 0 Å². The van der Waals surface area contributed by atoms with E-state index >= 15 is 0 Å². The van der Waals surface area contributed by atoms with Gasteiger partial charge in [-0.3, -0.25) is 4.90 Å². The van der Waals surface area contributed by atoms with E-state index < -0.39 is 0 Å². The van der Waals surface area contributed by atoms with E-state index in [0.717, 1.165) is 12.2 Å². The second-order valence-electron chi connectivity index (χ2n) is 4.09. The molecule has 0 fully saturated rings. The number of hydrogen-bond acceptors (Lipinski definition) is 2. The van der Waals surface area contributed by atoms with Crippen molar-refractivity contribution in [3.8, 4) is 0 Å². The predicted octanol–water partition coefficient (Wildman–Crippen LogP) is 2.21. The molecule has 1 aromatic carbocycles. The van der Waals surface area contributed by atoms with Gasteiger partial charge in [0.2, 0.25) is 0 Å². The first kappa shape index (κ1) is 9.53. The van der Waals surface area contributed by atoms with Gasteiger partial charge in [-0.05, 0) is 49.7 Å². The highest BCUT2D eigenvalue weighted by molar-refractivity contribution is 5.47. The van der Waals surface area contributed by atoms with Crippen LogP contribution in [-0.4, -0.2) is 18.5 Å². The van der Waals surface area contributed by atoms with Gasteiger partial charge in [0, 0.05) is 11.7 Å². The molecule has 0 saturated heterocycles. The molecule has 0 spiro atoms. The summed E-state index contributed by atoms with van der Waals surface area (Å²) in [5.74, 6) is 0. The Morgan fingerprint density at radius 1 is 1.50 bits per heavy atom. The smallest absolute Gasteiger partial charge is 0.0350 e. The van der Waals surface area contributed by atoms with E-state index in [1.165, 1.54) is 24.0 Å². The summed E-state index contributed by atoms with van der Waals surface area (Å²) < 4.78 is 0. The normalized spacial score (nSPS) is 20.1. The Balaban J connectivity index is 2.31. The monoisotopic (exact) mass is 190 g/mol. The molecule has 2 N–H and O–H groups in total. The Kier molecular flexibility index (Phi) is 2.46. The van der Waals surface area contributed by atoms with Crippen LogP contribution in [0.1, 0.15) is 30.5 Å². The summed E-state index contributed by atoms with van der Waals surface area (Å²) in [6.45, 7) is 3.31. The summed E-state index contributed by atoms with van der Waals surface area (Å²) in [5, 5.41) is 0. The summed E-state index contributed by atoms with van der Waals surface area (Å²) in [7, 11) is 2.19. The number of nitrogen functional groups attached to an aromatic ring is 1. The molecule has 0 aromatic heterocycles. The molecule has 2 heteroatoms. The maximum absolute atomic E-state index is 5.77. The molecule has 1 unspecified atom stereocenters. The molecule has 0 heterocycles. The van der Waals surface area contributed by atoms with Crippen molar-refractivity contribution in [2.24, 2.45) is 0 Å². The van der Waals surface area contributed by atoms with E-state index in [4.69, 9.17) is 5.73 Å². The van der Waals surface area contributed by atoms with Gasteiger partial charge in [-0.15, -0.1) is 0 Å². The zero-order chi connectivity index (χ0) is 10.1. The molecule has 2 rings (SSSR count). The van der Waals surface area contributed by atoms with Gasteiger partial charge in [-0.25, -0.2) is 0 Å². The molecule has 0 aliphatic heterocycles. The zero-order valence-corrected chi connectivity index (χ0v) is 8.96. The zero-order valence-electron chi connectivity index (χ0n) is 8.96. The van der Waals surface area contributed by atoms with Gasteiger partial charge in [0.1, 0.15) is 0 Å². The number of fused-ring (bicyclic) bond motifs is 1. The van der Waals surface area contributed by atoms with Crippen molar-refractivity contribution < 1.29 is 0 Å². The topological polar surface area (TPSA) is 29.3 Å². The maximum atomic E-state index is 5.77. The number of aryl methyl sites for hydroxylation is 1. The largest absolute Gasteiger partial charge is 0.399 e. The lowest BCUT2D eigenvalue weighted by Gasteiger charge is -2.23. The van der Waals surface area contributed by atoms with Crippen molar-refractivity contribution in [2.45, 2.75) is 25.8 Å². The molecule has 14 heavy (non-hydrogen) atoms. The van der Waals surface area contributed by atoms with Crippen molar-refractivity contribution in [2.75, 3.05) is 19.3 Å². The Labute approximate surface area is 85.7 Å². The highest BCUT2D eigenvalue weighted by atomic mass is 15.1. The summed E-state index contributed by atoms with van der Waals surface area (Å²) in [5.41, 5.74) is 9.58. The van der Waals surface area contributed by atoms with Crippen LogP contribution in [0.15, 0.2) is 18.2 Å². The third-order valence-electron chi connectivity index (χ3n) is 3.24. The van der Waals surface area contributed by atoms with E-state index in [1.54, 1.807) is 0 Å². The molecule has 0 bridgehead atoms. The van der Waals surface area contributed by atoms with Crippen LogP contribution < -0.4 is 5.73 Å². The third-order valence-corrected chi connectivity index (χ3v) is 3.24. The van der Waals surface area contributed by atoms with Crippen molar-refractivity contribution in [3.05, 3.63) is 29.3 Å². The van der Waals surface area contributed by atoms with Crippen LogP contribution in [0.3, 0.4) is 0 Å². The van der Waals surface area contributed by atoms with Crippen molar-refractivity contribution in [3.63, 3.8) is 0 Å². The van der Waals surface area contributed by atoms with Gasteiger partial charge in [-0.2, -0.15) is 0 Å². The number of hydrogen-bond donors (Lipinski definition) is 1. The first-order valence-electron chi connectivity index (χ1n) is 5.31. The molecule has 0 saturated carbocycles. The van der Waals surface area contributed by atoms with Crippen LogP contribution in [0.25, 0.3) is 0 Å². The molecular formula is C12H18N2. The second kappa shape index (κ2) is 3.62. The lowest BCUT2D eigenvalue weighted by molar-refractivity contribution is 0.257. The minimum atomic E-state index is 0.607. The summed E-state index contributed by atoms with van der Waals surface area (Å²) in [6, 6.07) is 6.93. The fourth-order valence-corrected chi connectivity index (χ4v) is 2.29. The lowest BCUT2D eigenvalue weighted by Crippen LogP contribution is -2.22. The summed E-state index contributed by atoms with van der Waals surface area (Å²) in [6.07, 6.45) is 2.42. The average Bonchev–Trinajstić information content (AvgIpc) is 2.59. The van der Waals surface area contributed by atoms with Crippen LogP contribution in [-0.2, 0) is 6.42 Å². The van der Waals surface area contributed by atoms with Crippen LogP contribution >= 0.6 is 0 Å². The van der Waals surface area contributed by atoms with E-state index in [9.17, 15) is 0 Å². The molecule has 0 radical (unpaired) electrons. The highest BCUT2D eigenvalue weighted by Gasteiger charge is 2.24. The molecule has 76 valence electrons. The number of nitrogens with two attached hydrogens (primary N) is 1. The maximum Gasteiger partial charge on any atom is 0.0350 e. The number of nitrogens with zero attached hydrogens (tertiary/aromatic N) is 1. The fraction of sp³-hybridized carbons (Fsp3) is 0.500. The van der Waals surface area contributed by atoms with E-state index in [-0.39, 0.29) is 0 Å². The minimum absolute atomic E-state index is 0.607. The van der Waals surface area contributed by atoms with Crippen LogP contribution in [0, 0.1) is 0 Å². The van der Waals surface area contributed by atoms with Crippen LogP contribution in [0.4, 0.5) is 5.69 Å². The highest BCUT2D eigenvalue weighted by Crippen LogP contribution is 2.35. The Bertz CT molecular complexity index is 333. The Morgan fingerprint density at radius 3 is 3.00 bits per heavy atom. The molecule has 1 atom stereocenters. The molecule has 1 aromatic rings. The summed E-state index contributed by atoms with van der Waals surface area (Å²) in [4.78, 5) is 2.40. The third kappa shape index (κ3) is 1.50. The molecule has 1 aliphatic rings. The van der Waals surface area contributed by atoms with Gasteiger partial charge in [0.15, 0.2) is 0 Å². The Morgan fingerprint density at radius 2 is 2.29 bits per heavy atom. The van der Waals surface area contributed by atoms with E-state index in [0.29, 0.717) is 6.04 Å². The van der Waals surface area contributed by atoms with Crippen LogP contribution in [0.2, 0.25) is 0 Å². The second-order valence-corrected chi connectivity index (χ2v) is 4.09. The first-order chi connectivity index (χ1) is 6.72. The van der Waals surface area contributed by atoms with E-state index in [2.05, 4.69) is 31.0 Å². The molecule has 1 aliphatic carbocycles. The van der Waals surface area contributed by atoms with E-state index in [1.807, 2.05) is 6.07 Å². The number of rotatable bonds is 2. The van der Waals surface area contributed by atoms with Gasteiger partial charge in [0.05, 0.1) is 0 Å².